The van der Waals surface area contributed by atoms with Gasteiger partial charge in [-0.05, 0) is 44.8 Å². The standard InChI is InChI=1S/C11H22N2/c1-2-13-9-6-11(7-10-13)5-3-4-8-12/h3-4,11H,2,5-10,12H2,1H3/b4-3-. The normalized spacial score (nSPS) is 21.4. The Morgan fingerprint density at radius 3 is 2.54 bits per heavy atom. The van der Waals surface area contributed by atoms with Gasteiger partial charge in [0.25, 0.3) is 0 Å². The van der Waals surface area contributed by atoms with Crippen LogP contribution in [0.4, 0.5) is 0 Å². The van der Waals surface area contributed by atoms with Gasteiger partial charge in [0.2, 0.25) is 0 Å². The average molecular weight is 182 g/mol. The van der Waals surface area contributed by atoms with Crippen molar-refractivity contribution >= 4 is 0 Å². The summed E-state index contributed by atoms with van der Waals surface area (Å²) in [7, 11) is 0. The van der Waals surface area contributed by atoms with Crippen LogP contribution >= 0.6 is 0 Å². The van der Waals surface area contributed by atoms with Crippen LogP contribution in [0.15, 0.2) is 12.2 Å². The monoisotopic (exact) mass is 182 g/mol. The number of hydrogen-bond donors (Lipinski definition) is 1. The first-order chi connectivity index (χ1) is 6.36. The van der Waals surface area contributed by atoms with E-state index < -0.39 is 0 Å². The molecule has 0 aromatic heterocycles. The second-order valence-electron chi connectivity index (χ2n) is 3.82. The number of hydrogen-bond acceptors (Lipinski definition) is 2. The van der Waals surface area contributed by atoms with Crippen molar-refractivity contribution < 1.29 is 0 Å². The van der Waals surface area contributed by atoms with Crippen molar-refractivity contribution in [2.75, 3.05) is 26.2 Å². The van der Waals surface area contributed by atoms with E-state index in [0.29, 0.717) is 6.54 Å². The second kappa shape index (κ2) is 6.17. The van der Waals surface area contributed by atoms with Crippen molar-refractivity contribution in [3.05, 3.63) is 12.2 Å². The summed E-state index contributed by atoms with van der Waals surface area (Å²) in [4.78, 5) is 2.53. The van der Waals surface area contributed by atoms with Gasteiger partial charge in [-0.2, -0.15) is 0 Å². The Morgan fingerprint density at radius 2 is 2.00 bits per heavy atom. The van der Waals surface area contributed by atoms with E-state index in [0.717, 1.165) is 5.92 Å². The molecule has 1 aliphatic rings. The first-order valence-corrected chi connectivity index (χ1v) is 5.44. The Bertz CT molecular complexity index is 146. The first kappa shape index (κ1) is 10.7. The van der Waals surface area contributed by atoms with E-state index in [1.54, 1.807) is 0 Å². The lowest BCUT2D eigenvalue weighted by Gasteiger charge is -2.30. The summed E-state index contributed by atoms with van der Waals surface area (Å²) in [6, 6.07) is 0. The van der Waals surface area contributed by atoms with Gasteiger partial charge in [-0.15, -0.1) is 0 Å². The first-order valence-electron chi connectivity index (χ1n) is 5.44. The summed E-state index contributed by atoms with van der Waals surface area (Å²) in [6.07, 6.45) is 8.28. The van der Waals surface area contributed by atoms with Crippen LogP contribution in [-0.4, -0.2) is 31.1 Å². The fourth-order valence-electron chi connectivity index (χ4n) is 1.92. The molecule has 2 N–H and O–H groups in total. The van der Waals surface area contributed by atoms with Gasteiger partial charge < -0.3 is 10.6 Å². The maximum Gasteiger partial charge on any atom is 0.0106 e. The lowest BCUT2D eigenvalue weighted by atomic mass is 9.93. The van der Waals surface area contributed by atoms with Gasteiger partial charge in [-0.25, -0.2) is 0 Å². The molecule has 0 aliphatic carbocycles. The third-order valence-electron chi connectivity index (χ3n) is 2.93. The third-order valence-corrected chi connectivity index (χ3v) is 2.93. The van der Waals surface area contributed by atoms with Crippen molar-refractivity contribution in [1.82, 2.24) is 4.90 Å². The van der Waals surface area contributed by atoms with Gasteiger partial charge in [0.1, 0.15) is 0 Å². The van der Waals surface area contributed by atoms with Crippen molar-refractivity contribution in [3.8, 4) is 0 Å². The molecular weight excluding hydrogens is 160 g/mol. The molecule has 2 heteroatoms. The highest BCUT2D eigenvalue weighted by molar-refractivity contribution is 4.86. The topological polar surface area (TPSA) is 29.3 Å². The van der Waals surface area contributed by atoms with Gasteiger partial charge in [-0.1, -0.05) is 19.1 Å². The number of nitrogens with zero attached hydrogens (tertiary/aromatic N) is 1. The van der Waals surface area contributed by atoms with E-state index in [2.05, 4.69) is 24.0 Å². The Kier molecular flexibility index (Phi) is 5.09. The maximum atomic E-state index is 5.39. The molecule has 76 valence electrons. The number of piperidine rings is 1. The highest BCUT2D eigenvalue weighted by Crippen LogP contribution is 2.20. The van der Waals surface area contributed by atoms with Gasteiger partial charge >= 0.3 is 0 Å². The molecule has 0 atom stereocenters. The number of allylic oxidation sites excluding steroid dienone is 1. The molecule has 0 unspecified atom stereocenters. The number of likely N-dealkylation sites (tertiary alicyclic amines) is 1. The fraction of sp³-hybridized carbons (Fsp3) is 0.818. The second-order valence-corrected chi connectivity index (χ2v) is 3.82. The van der Waals surface area contributed by atoms with Gasteiger partial charge in [0.05, 0.1) is 0 Å². The van der Waals surface area contributed by atoms with Crippen molar-refractivity contribution in [2.45, 2.75) is 26.2 Å². The highest BCUT2D eigenvalue weighted by atomic mass is 15.1. The Morgan fingerprint density at radius 1 is 1.31 bits per heavy atom. The molecule has 0 spiro atoms. The molecule has 0 aromatic carbocycles. The minimum absolute atomic E-state index is 0.688. The van der Waals surface area contributed by atoms with Crippen molar-refractivity contribution in [3.63, 3.8) is 0 Å². The zero-order valence-corrected chi connectivity index (χ0v) is 8.71. The molecule has 2 nitrogen and oxygen atoms in total. The highest BCUT2D eigenvalue weighted by Gasteiger charge is 2.16. The molecule has 13 heavy (non-hydrogen) atoms. The van der Waals surface area contributed by atoms with Crippen LogP contribution in [-0.2, 0) is 0 Å². The molecule has 1 saturated heterocycles. The van der Waals surface area contributed by atoms with Gasteiger partial charge in [-0.3, -0.25) is 0 Å². The predicted molar refractivity (Wildman–Crippen MR) is 57.6 cm³/mol. The van der Waals surface area contributed by atoms with Crippen LogP contribution in [0.3, 0.4) is 0 Å². The molecular formula is C11H22N2. The quantitative estimate of drug-likeness (QED) is 0.669. The Balaban J connectivity index is 2.14. The van der Waals surface area contributed by atoms with Gasteiger partial charge in [0.15, 0.2) is 0 Å². The minimum atomic E-state index is 0.688. The lowest BCUT2D eigenvalue weighted by molar-refractivity contribution is 0.193. The maximum absolute atomic E-state index is 5.39. The van der Waals surface area contributed by atoms with E-state index in [9.17, 15) is 0 Å². The van der Waals surface area contributed by atoms with E-state index in [-0.39, 0.29) is 0 Å². The molecule has 1 rings (SSSR count). The molecule has 0 aromatic rings. The van der Waals surface area contributed by atoms with E-state index in [1.807, 2.05) is 0 Å². The van der Waals surface area contributed by atoms with E-state index in [1.165, 1.54) is 38.9 Å². The molecule has 0 amide bonds. The minimum Gasteiger partial charge on any atom is -0.327 e. The lowest BCUT2D eigenvalue weighted by Crippen LogP contribution is -2.33. The van der Waals surface area contributed by atoms with Crippen LogP contribution in [0.2, 0.25) is 0 Å². The van der Waals surface area contributed by atoms with Crippen molar-refractivity contribution in [1.29, 1.82) is 0 Å². The predicted octanol–water partition coefficient (Wildman–Crippen LogP) is 1.62. The number of rotatable bonds is 4. The molecule has 1 fully saturated rings. The SMILES string of the molecule is CCN1CCC(C/C=C\CN)CC1. The summed E-state index contributed by atoms with van der Waals surface area (Å²) in [5, 5.41) is 0. The zero-order valence-electron chi connectivity index (χ0n) is 8.71. The summed E-state index contributed by atoms with van der Waals surface area (Å²) in [5.74, 6) is 0.908. The van der Waals surface area contributed by atoms with Crippen LogP contribution in [0.5, 0.6) is 0 Å². The zero-order chi connectivity index (χ0) is 9.52. The van der Waals surface area contributed by atoms with Crippen LogP contribution in [0.25, 0.3) is 0 Å². The Labute approximate surface area is 81.8 Å². The van der Waals surface area contributed by atoms with Crippen LogP contribution < -0.4 is 5.73 Å². The van der Waals surface area contributed by atoms with E-state index >= 15 is 0 Å². The summed E-state index contributed by atoms with van der Waals surface area (Å²) < 4.78 is 0. The van der Waals surface area contributed by atoms with Crippen molar-refractivity contribution in [2.24, 2.45) is 11.7 Å². The van der Waals surface area contributed by atoms with Gasteiger partial charge in [0, 0.05) is 6.54 Å². The third kappa shape index (κ3) is 3.92. The molecule has 0 bridgehead atoms. The molecule has 0 radical (unpaired) electrons. The molecule has 1 heterocycles. The molecule has 0 saturated carbocycles. The average Bonchev–Trinajstić information content (AvgIpc) is 2.19. The van der Waals surface area contributed by atoms with E-state index in [4.69, 9.17) is 5.73 Å². The van der Waals surface area contributed by atoms with Crippen LogP contribution in [0.1, 0.15) is 26.2 Å². The van der Waals surface area contributed by atoms with Crippen LogP contribution in [0, 0.1) is 5.92 Å². The largest absolute Gasteiger partial charge is 0.327 e. The summed E-state index contributed by atoms with van der Waals surface area (Å²) in [5.41, 5.74) is 5.39. The summed E-state index contributed by atoms with van der Waals surface area (Å²) >= 11 is 0. The smallest absolute Gasteiger partial charge is 0.0106 e. The Hall–Kier alpha value is -0.340. The summed E-state index contributed by atoms with van der Waals surface area (Å²) in [6.45, 7) is 6.73. The molecule has 1 aliphatic heterocycles. The number of nitrogens with two attached hydrogens (primary N) is 1. The fourth-order valence-corrected chi connectivity index (χ4v) is 1.92.